The Balaban J connectivity index is 1.42. The van der Waals surface area contributed by atoms with Crippen LogP contribution in [0.25, 0.3) is 0 Å². The minimum atomic E-state index is 0.0251. The summed E-state index contributed by atoms with van der Waals surface area (Å²) in [5, 5.41) is 2.99. The van der Waals surface area contributed by atoms with E-state index in [-0.39, 0.29) is 17.7 Å². The van der Waals surface area contributed by atoms with Crippen molar-refractivity contribution in [2.75, 3.05) is 13.1 Å². The van der Waals surface area contributed by atoms with Crippen LogP contribution >= 0.6 is 0 Å². The summed E-state index contributed by atoms with van der Waals surface area (Å²) in [6.45, 7) is 1.97. The van der Waals surface area contributed by atoms with E-state index in [1.807, 2.05) is 17.0 Å². The fourth-order valence-electron chi connectivity index (χ4n) is 3.81. The highest BCUT2D eigenvalue weighted by Crippen LogP contribution is 2.27. The van der Waals surface area contributed by atoms with Gasteiger partial charge in [0.15, 0.2) is 0 Å². The fourth-order valence-corrected chi connectivity index (χ4v) is 3.81. The van der Waals surface area contributed by atoms with Gasteiger partial charge in [0.1, 0.15) is 0 Å². The normalized spacial score (nSPS) is 19.9. The fraction of sp³-hybridized carbons (Fsp3) is 0.632. The van der Waals surface area contributed by atoms with E-state index in [9.17, 15) is 9.59 Å². The number of amides is 2. The Labute approximate surface area is 143 Å². The van der Waals surface area contributed by atoms with Crippen LogP contribution in [0.3, 0.4) is 0 Å². The third kappa shape index (κ3) is 4.34. The number of hydrogen-bond donors (Lipinski definition) is 1. The monoisotopic (exact) mass is 329 g/mol. The molecule has 1 aliphatic heterocycles. The molecule has 1 N–H and O–H groups in total. The van der Waals surface area contributed by atoms with Gasteiger partial charge in [-0.05, 0) is 37.3 Å². The van der Waals surface area contributed by atoms with E-state index in [2.05, 4.69) is 10.3 Å². The van der Waals surface area contributed by atoms with E-state index in [4.69, 9.17) is 0 Å². The maximum atomic E-state index is 12.6. The van der Waals surface area contributed by atoms with Gasteiger partial charge in [-0.15, -0.1) is 0 Å². The molecule has 0 unspecified atom stereocenters. The number of likely N-dealkylation sites (tertiary alicyclic amines) is 1. The first-order chi connectivity index (χ1) is 11.7. The van der Waals surface area contributed by atoms with Crippen LogP contribution in [0.15, 0.2) is 24.5 Å². The summed E-state index contributed by atoms with van der Waals surface area (Å²) in [6.07, 6.45) is 10.8. The molecule has 0 spiro atoms. The zero-order valence-corrected chi connectivity index (χ0v) is 14.2. The van der Waals surface area contributed by atoms with Crippen molar-refractivity contribution in [1.29, 1.82) is 0 Å². The number of nitrogens with zero attached hydrogens (tertiary/aromatic N) is 2. The van der Waals surface area contributed by atoms with Crippen LogP contribution in [0, 0.1) is 11.8 Å². The minimum absolute atomic E-state index is 0.0251. The van der Waals surface area contributed by atoms with Gasteiger partial charge in [-0.1, -0.05) is 25.3 Å². The Morgan fingerprint density at radius 2 is 1.83 bits per heavy atom. The van der Waals surface area contributed by atoms with E-state index >= 15 is 0 Å². The van der Waals surface area contributed by atoms with Gasteiger partial charge in [-0.25, -0.2) is 0 Å². The molecular weight excluding hydrogens is 302 g/mol. The number of carbonyl (C=O) groups excluding carboxylic acids is 2. The summed E-state index contributed by atoms with van der Waals surface area (Å²) in [5.41, 5.74) is 1.01. The predicted octanol–water partition coefficient (Wildman–Crippen LogP) is 2.52. The van der Waals surface area contributed by atoms with Gasteiger partial charge in [-0.3, -0.25) is 14.6 Å². The summed E-state index contributed by atoms with van der Waals surface area (Å²) >= 11 is 0. The van der Waals surface area contributed by atoms with Gasteiger partial charge in [-0.2, -0.15) is 0 Å². The molecule has 5 nitrogen and oxygen atoms in total. The highest BCUT2D eigenvalue weighted by atomic mass is 16.2. The lowest BCUT2D eigenvalue weighted by Gasteiger charge is -2.34. The Morgan fingerprint density at radius 3 is 2.50 bits per heavy atom. The maximum absolute atomic E-state index is 12.6. The third-order valence-electron chi connectivity index (χ3n) is 5.32. The van der Waals surface area contributed by atoms with Crippen LogP contribution in [-0.2, 0) is 16.1 Å². The molecule has 130 valence electrons. The number of piperidine rings is 1. The zero-order chi connectivity index (χ0) is 16.8. The summed E-state index contributed by atoms with van der Waals surface area (Å²) < 4.78 is 0. The summed E-state index contributed by atoms with van der Waals surface area (Å²) in [6, 6.07) is 3.83. The molecule has 1 saturated carbocycles. The van der Waals surface area contributed by atoms with Crippen molar-refractivity contribution in [2.24, 2.45) is 11.8 Å². The van der Waals surface area contributed by atoms with Crippen molar-refractivity contribution >= 4 is 11.8 Å². The van der Waals surface area contributed by atoms with E-state index in [0.29, 0.717) is 12.5 Å². The molecule has 1 aromatic rings. The van der Waals surface area contributed by atoms with Crippen LogP contribution in [0.5, 0.6) is 0 Å². The van der Waals surface area contributed by atoms with Crippen molar-refractivity contribution in [2.45, 2.75) is 51.5 Å². The van der Waals surface area contributed by atoms with Gasteiger partial charge in [0, 0.05) is 43.9 Å². The Kier molecular flexibility index (Phi) is 5.83. The molecule has 0 radical (unpaired) electrons. The summed E-state index contributed by atoms with van der Waals surface area (Å²) in [4.78, 5) is 30.9. The van der Waals surface area contributed by atoms with Crippen LogP contribution in [-0.4, -0.2) is 34.8 Å². The topological polar surface area (TPSA) is 62.3 Å². The Morgan fingerprint density at radius 1 is 1.08 bits per heavy atom. The number of nitrogens with one attached hydrogen (secondary N) is 1. The quantitative estimate of drug-likeness (QED) is 0.923. The van der Waals surface area contributed by atoms with Crippen molar-refractivity contribution in [3.8, 4) is 0 Å². The van der Waals surface area contributed by atoms with Crippen molar-refractivity contribution in [3.63, 3.8) is 0 Å². The first-order valence-corrected chi connectivity index (χ1v) is 9.19. The van der Waals surface area contributed by atoms with Crippen molar-refractivity contribution in [1.82, 2.24) is 15.2 Å². The maximum Gasteiger partial charge on any atom is 0.225 e. The lowest BCUT2D eigenvalue weighted by atomic mass is 9.87. The van der Waals surface area contributed by atoms with E-state index in [0.717, 1.165) is 44.3 Å². The van der Waals surface area contributed by atoms with Gasteiger partial charge < -0.3 is 10.2 Å². The van der Waals surface area contributed by atoms with Gasteiger partial charge >= 0.3 is 0 Å². The van der Waals surface area contributed by atoms with Crippen LogP contribution in [0.1, 0.15) is 50.5 Å². The highest BCUT2D eigenvalue weighted by Gasteiger charge is 2.31. The highest BCUT2D eigenvalue weighted by molar-refractivity contribution is 5.81. The molecule has 5 heteroatoms. The molecule has 3 rings (SSSR count). The SMILES string of the molecule is O=C(NCc1cccnc1)C1CCN(C(=O)C2CCCCC2)CC1. The molecule has 1 aliphatic carbocycles. The number of rotatable bonds is 4. The summed E-state index contributed by atoms with van der Waals surface area (Å²) in [5.74, 6) is 0.680. The standard InChI is InChI=1S/C19H27N3O2/c23-18(21-14-15-5-4-10-20-13-15)16-8-11-22(12-9-16)19(24)17-6-2-1-3-7-17/h4-5,10,13,16-17H,1-3,6-9,11-12,14H2,(H,21,23). The number of hydrogen-bond acceptors (Lipinski definition) is 3. The molecule has 0 aromatic carbocycles. The van der Waals surface area contributed by atoms with Gasteiger partial charge in [0.25, 0.3) is 0 Å². The second-order valence-electron chi connectivity index (χ2n) is 7.01. The third-order valence-corrected chi connectivity index (χ3v) is 5.32. The number of pyridine rings is 1. The Bertz CT molecular complexity index is 547. The predicted molar refractivity (Wildman–Crippen MR) is 92.0 cm³/mol. The molecule has 2 aliphatic rings. The lowest BCUT2D eigenvalue weighted by Crippen LogP contribution is -2.45. The summed E-state index contributed by atoms with van der Waals surface area (Å²) in [7, 11) is 0. The van der Waals surface area contributed by atoms with E-state index < -0.39 is 0 Å². The molecule has 2 amide bonds. The van der Waals surface area contributed by atoms with E-state index in [1.165, 1.54) is 19.3 Å². The van der Waals surface area contributed by atoms with Crippen LogP contribution in [0.4, 0.5) is 0 Å². The zero-order valence-electron chi connectivity index (χ0n) is 14.2. The molecule has 0 bridgehead atoms. The molecule has 0 atom stereocenters. The molecule has 2 fully saturated rings. The number of aromatic nitrogens is 1. The lowest BCUT2D eigenvalue weighted by molar-refractivity contribution is -0.140. The van der Waals surface area contributed by atoms with Gasteiger partial charge in [0.2, 0.25) is 11.8 Å². The minimum Gasteiger partial charge on any atom is -0.352 e. The second kappa shape index (κ2) is 8.27. The van der Waals surface area contributed by atoms with E-state index in [1.54, 1.807) is 12.4 Å². The van der Waals surface area contributed by atoms with Gasteiger partial charge in [0.05, 0.1) is 0 Å². The first kappa shape index (κ1) is 16.9. The average Bonchev–Trinajstić information content (AvgIpc) is 2.67. The molecule has 1 saturated heterocycles. The van der Waals surface area contributed by atoms with Crippen molar-refractivity contribution in [3.05, 3.63) is 30.1 Å². The molecule has 1 aromatic heterocycles. The first-order valence-electron chi connectivity index (χ1n) is 9.19. The van der Waals surface area contributed by atoms with Crippen LogP contribution in [0.2, 0.25) is 0 Å². The van der Waals surface area contributed by atoms with Crippen LogP contribution < -0.4 is 5.32 Å². The average molecular weight is 329 g/mol. The molecule has 24 heavy (non-hydrogen) atoms. The largest absolute Gasteiger partial charge is 0.352 e. The number of carbonyl (C=O) groups is 2. The van der Waals surface area contributed by atoms with Crippen molar-refractivity contribution < 1.29 is 9.59 Å². The second-order valence-corrected chi connectivity index (χ2v) is 7.01. The molecule has 2 heterocycles. The molecular formula is C19H27N3O2. The Hall–Kier alpha value is -1.91. The smallest absolute Gasteiger partial charge is 0.225 e.